The van der Waals surface area contributed by atoms with E-state index in [4.69, 9.17) is 18.6 Å². The summed E-state index contributed by atoms with van der Waals surface area (Å²) in [7, 11) is -0.815. The van der Waals surface area contributed by atoms with E-state index in [1.54, 1.807) is 0 Å². The van der Waals surface area contributed by atoms with E-state index in [1.165, 1.54) is 32.3 Å². The van der Waals surface area contributed by atoms with Gasteiger partial charge in [0.15, 0.2) is 0 Å². The van der Waals surface area contributed by atoms with E-state index in [1.807, 2.05) is 13.8 Å². The van der Waals surface area contributed by atoms with Crippen molar-refractivity contribution in [2.24, 2.45) is 0 Å². The molecule has 0 N–H and O–H groups in total. The van der Waals surface area contributed by atoms with Crippen molar-refractivity contribution in [1.29, 1.82) is 0 Å². The normalized spacial score (nSPS) is 20.8. The maximum atomic E-state index is 6.28. The van der Waals surface area contributed by atoms with Crippen LogP contribution in [0.25, 0.3) is 32.3 Å². The Morgan fingerprint density at radius 1 is 0.571 bits per heavy atom. The zero-order chi connectivity index (χ0) is 24.8. The summed E-state index contributed by atoms with van der Waals surface area (Å²) < 4.78 is 24.6. The first-order chi connectivity index (χ1) is 16.5. The van der Waals surface area contributed by atoms with Gasteiger partial charge in [0.2, 0.25) is 0 Å². The van der Waals surface area contributed by atoms with Gasteiger partial charge in [0.1, 0.15) is 5.60 Å². The van der Waals surface area contributed by atoms with Crippen LogP contribution in [0.2, 0.25) is 0 Å². The minimum Gasteiger partial charge on any atom is -0.534 e. The molecule has 2 heterocycles. The molecular formula is C29H30B2O4. The summed E-state index contributed by atoms with van der Waals surface area (Å²) in [6, 6.07) is 21.7. The minimum atomic E-state index is -0.497. The highest BCUT2D eigenvalue weighted by Crippen LogP contribution is 2.37. The SMILES string of the molecule is C=C1OB(c2ccc3ccc4c5ccc(B6OC(C)(C)C(C)(C)O6)cc5ccc4c3c2)OC1(C)C. The van der Waals surface area contributed by atoms with Crippen molar-refractivity contribution in [3.63, 3.8) is 0 Å². The van der Waals surface area contributed by atoms with Gasteiger partial charge in [-0.2, -0.15) is 0 Å². The van der Waals surface area contributed by atoms with Gasteiger partial charge in [-0.15, -0.1) is 0 Å². The summed E-state index contributed by atoms with van der Waals surface area (Å²) in [5.41, 5.74) is 0.815. The highest BCUT2D eigenvalue weighted by molar-refractivity contribution is 6.63. The van der Waals surface area contributed by atoms with Gasteiger partial charge in [-0.3, -0.25) is 0 Å². The van der Waals surface area contributed by atoms with Crippen LogP contribution in [0.5, 0.6) is 0 Å². The van der Waals surface area contributed by atoms with Gasteiger partial charge in [-0.05, 0) is 84.8 Å². The van der Waals surface area contributed by atoms with Crippen LogP contribution >= 0.6 is 0 Å². The molecule has 2 aliphatic rings. The Morgan fingerprint density at radius 3 is 1.77 bits per heavy atom. The second kappa shape index (κ2) is 7.36. The van der Waals surface area contributed by atoms with Gasteiger partial charge in [0.25, 0.3) is 0 Å². The molecule has 4 nitrogen and oxygen atoms in total. The topological polar surface area (TPSA) is 36.9 Å². The predicted octanol–water partition coefficient (Wildman–Crippen LogP) is 5.48. The number of rotatable bonds is 2. The molecule has 2 saturated heterocycles. The third-order valence-corrected chi connectivity index (χ3v) is 8.00. The summed E-state index contributed by atoms with van der Waals surface area (Å²) in [6.07, 6.45) is 0. The van der Waals surface area contributed by atoms with E-state index in [2.05, 4.69) is 94.9 Å². The average molecular weight is 464 g/mol. The molecule has 0 bridgehead atoms. The number of hydrogen-bond acceptors (Lipinski definition) is 4. The van der Waals surface area contributed by atoms with Crippen molar-refractivity contribution in [3.8, 4) is 0 Å². The van der Waals surface area contributed by atoms with Crippen molar-refractivity contribution in [3.05, 3.63) is 73.0 Å². The molecule has 6 heteroatoms. The lowest BCUT2D eigenvalue weighted by molar-refractivity contribution is 0.00578. The predicted molar refractivity (Wildman–Crippen MR) is 145 cm³/mol. The number of benzene rings is 4. The molecule has 4 aromatic carbocycles. The summed E-state index contributed by atoms with van der Waals surface area (Å²) in [6.45, 7) is 16.3. The van der Waals surface area contributed by atoms with Gasteiger partial charge in [-0.1, -0.05) is 67.2 Å². The Hall–Kier alpha value is -2.79. The van der Waals surface area contributed by atoms with Crippen molar-refractivity contribution in [1.82, 2.24) is 0 Å². The standard InChI is InChI=1S/C29H30B2O4/c1-18-27(2,3)33-30(32-18)22-11-8-19-9-13-24-23-15-12-21(31-34-28(4,5)29(6,7)35-31)16-20(23)10-14-25(24)26(19)17-22/h8-17H,1H2,2-7H3. The molecule has 2 aliphatic heterocycles. The first kappa shape index (κ1) is 22.7. The molecule has 0 amide bonds. The van der Waals surface area contributed by atoms with E-state index in [0.717, 1.165) is 10.9 Å². The van der Waals surface area contributed by atoms with Crippen LogP contribution in [-0.4, -0.2) is 31.0 Å². The largest absolute Gasteiger partial charge is 0.563 e. The van der Waals surface area contributed by atoms with E-state index < -0.39 is 12.7 Å². The Kier molecular flexibility index (Phi) is 4.76. The maximum absolute atomic E-state index is 6.28. The second-order valence-corrected chi connectivity index (χ2v) is 11.3. The van der Waals surface area contributed by atoms with Crippen LogP contribution in [0.3, 0.4) is 0 Å². The Morgan fingerprint density at radius 2 is 1.11 bits per heavy atom. The van der Waals surface area contributed by atoms with Crippen molar-refractivity contribution in [2.45, 2.75) is 58.3 Å². The molecule has 35 heavy (non-hydrogen) atoms. The zero-order valence-electron chi connectivity index (χ0n) is 21.3. The summed E-state index contributed by atoms with van der Waals surface area (Å²) in [5, 5.41) is 7.16. The molecule has 0 atom stereocenters. The molecule has 0 unspecified atom stereocenters. The van der Waals surface area contributed by atoms with Gasteiger partial charge in [0.05, 0.1) is 17.0 Å². The third-order valence-electron chi connectivity index (χ3n) is 8.00. The molecule has 4 aromatic rings. The van der Waals surface area contributed by atoms with Crippen LogP contribution in [0, 0.1) is 0 Å². The van der Waals surface area contributed by atoms with E-state index in [9.17, 15) is 0 Å². The van der Waals surface area contributed by atoms with Crippen LogP contribution in [0.1, 0.15) is 41.5 Å². The molecule has 2 fully saturated rings. The van der Waals surface area contributed by atoms with Crippen molar-refractivity contribution >= 4 is 57.5 Å². The smallest absolute Gasteiger partial charge is 0.534 e. The van der Waals surface area contributed by atoms with E-state index in [0.29, 0.717) is 5.76 Å². The Balaban J connectivity index is 1.43. The van der Waals surface area contributed by atoms with Gasteiger partial charge < -0.3 is 18.6 Å². The summed E-state index contributed by atoms with van der Waals surface area (Å²) in [4.78, 5) is 0. The van der Waals surface area contributed by atoms with E-state index >= 15 is 0 Å². The Labute approximate surface area is 207 Å². The molecular weight excluding hydrogens is 434 g/mol. The van der Waals surface area contributed by atoms with Crippen molar-refractivity contribution in [2.75, 3.05) is 0 Å². The first-order valence-electron chi connectivity index (χ1n) is 12.2. The molecule has 176 valence electrons. The number of fused-ring (bicyclic) bond motifs is 5. The Bertz CT molecular complexity index is 1510. The highest BCUT2D eigenvalue weighted by Gasteiger charge is 2.51. The third kappa shape index (κ3) is 3.50. The fourth-order valence-corrected chi connectivity index (χ4v) is 4.95. The van der Waals surface area contributed by atoms with Gasteiger partial charge in [-0.25, -0.2) is 0 Å². The maximum Gasteiger partial charge on any atom is 0.563 e. The highest BCUT2D eigenvalue weighted by atomic mass is 16.7. The molecule has 0 saturated carbocycles. The molecule has 0 aromatic heterocycles. The average Bonchev–Trinajstić information content (AvgIpc) is 3.21. The quantitative estimate of drug-likeness (QED) is 0.291. The second-order valence-electron chi connectivity index (χ2n) is 11.3. The van der Waals surface area contributed by atoms with Crippen LogP contribution in [0.4, 0.5) is 0 Å². The van der Waals surface area contributed by atoms with Gasteiger partial charge in [0, 0.05) is 0 Å². The van der Waals surface area contributed by atoms with Gasteiger partial charge >= 0.3 is 14.2 Å². The van der Waals surface area contributed by atoms with Crippen LogP contribution in [-0.2, 0) is 18.6 Å². The summed E-state index contributed by atoms with van der Waals surface area (Å²) in [5.74, 6) is 0.657. The van der Waals surface area contributed by atoms with E-state index in [-0.39, 0.29) is 18.3 Å². The summed E-state index contributed by atoms with van der Waals surface area (Å²) >= 11 is 0. The lowest BCUT2D eigenvalue weighted by Gasteiger charge is -2.32. The molecule has 0 radical (unpaired) electrons. The zero-order valence-corrected chi connectivity index (χ0v) is 21.3. The molecule has 0 spiro atoms. The van der Waals surface area contributed by atoms with Crippen LogP contribution < -0.4 is 10.9 Å². The number of hydrogen-bond donors (Lipinski definition) is 0. The lowest BCUT2D eigenvalue weighted by atomic mass is 9.77. The lowest BCUT2D eigenvalue weighted by Crippen LogP contribution is -2.41. The fraction of sp³-hybridized carbons (Fsp3) is 0.310. The minimum absolute atomic E-state index is 0.360. The molecule has 6 rings (SSSR count). The monoisotopic (exact) mass is 464 g/mol. The fourth-order valence-electron chi connectivity index (χ4n) is 4.95. The molecule has 0 aliphatic carbocycles. The first-order valence-corrected chi connectivity index (χ1v) is 12.2. The van der Waals surface area contributed by atoms with Crippen molar-refractivity contribution < 1.29 is 18.6 Å². The van der Waals surface area contributed by atoms with Crippen LogP contribution in [0.15, 0.2) is 73.0 Å².